The summed E-state index contributed by atoms with van der Waals surface area (Å²) in [6, 6.07) is 3.70. The molecule has 114 valence electrons. The molecule has 9 heteroatoms. The molecule has 2 rings (SSSR count). The predicted molar refractivity (Wildman–Crippen MR) is 71.4 cm³/mol. The highest BCUT2D eigenvalue weighted by atomic mass is 35.5. The fraction of sp³-hybridized carbons (Fsp3) is 0.333. The second-order valence-electron chi connectivity index (χ2n) is 4.57. The second-order valence-corrected chi connectivity index (χ2v) is 5.41. The zero-order chi connectivity index (χ0) is 16.0. The van der Waals surface area contributed by atoms with E-state index in [1.165, 1.54) is 25.1 Å². The molecule has 0 aromatic heterocycles. The van der Waals surface area contributed by atoms with Crippen LogP contribution < -0.4 is 0 Å². The van der Waals surface area contributed by atoms with Gasteiger partial charge in [-0.05, 0) is 25.1 Å². The summed E-state index contributed by atoms with van der Waals surface area (Å²) in [6.07, 6.45) is -5.86. The van der Waals surface area contributed by atoms with E-state index < -0.39 is 24.2 Å². The van der Waals surface area contributed by atoms with Gasteiger partial charge in [-0.25, -0.2) is 0 Å². The largest absolute Gasteiger partial charge is 0.438 e. The van der Waals surface area contributed by atoms with Crippen molar-refractivity contribution in [1.29, 1.82) is 0 Å². The normalized spacial score (nSPS) is 22.4. The van der Waals surface area contributed by atoms with Gasteiger partial charge in [-0.3, -0.25) is 4.79 Å². The van der Waals surface area contributed by atoms with Crippen molar-refractivity contribution in [3.63, 3.8) is 0 Å². The Bertz CT molecular complexity index is 633. The lowest BCUT2D eigenvalue weighted by atomic mass is 10.1. The Morgan fingerprint density at radius 2 is 2.05 bits per heavy atom. The lowest BCUT2D eigenvalue weighted by molar-refractivity contribution is -0.297. The van der Waals surface area contributed by atoms with Crippen molar-refractivity contribution in [1.82, 2.24) is 5.01 Å². The van der Waals surface area contributed by atoms with Gasteiger partial charge in [0, 0.05) is 17.2 Å². The van der Waals surface area contributed by atoms with Gasteiger partial charge in [-0.2, -0.15) is 23.3 Å². The summed E-state index contributed by atoms with van der Waals surface area (Å²) in [5, 5.41) is 13.4. The van der Waals surface area contributed by atoms with Gasteiger partial charge in [0.25, 0.3) is 11.6 Å². The molecule has 4 nitrogen and oxygen atoms in total. The van der Waals surface area contributed by atoms with Crippen LogP contribution in [0, 0.1) is 0 Å². The molecule has 1 heterocycles. The number of alkyl halides is 3. The third-order valence-electron chi connectivity index (χ3n) is 2.93. The molecular weight excluding hydrogens is 332 g/mol. The number of rotatable bonds is 1. The first kappa shape index (κ1) is 16.1. The van der Waals surface area contributed by atoms with Crippen molar-refractivity contribution in [2.24, 2.45) is 5.10 Å². The summed E-state index contributed by atoms with van der Waals surface area (Å²) < 4.78 is 39.1. The molecule has 1 aromatic carbocycles. The van der Waals surface area contributed by atoms with Gasteiger partial charge in [0.1, 0.15) is 0 Å². The Labute approximate surface area is 127 Å². The topological polar surface area (TPSA) is 52.9 Å². The molecule has 21 heavy (non-hydrogen) atoms. The molecule has 0 aliphatic carbocycles. The molecule has 1 aromatic rings. The van der Waals surface area contributed by atoms with Crippen molar-refractivity contribution >= 4 is 34.8 Å². The first-order valence-corrected chi connectivity index (χ1v) is 6.44. The number of amides is 1. The van der Waals surface area contributed by atoms with E-state index in [2.05, 4.69) is 5.10 Å². The number of nitrogens with zero attached hydrogens (tertiary/aromatic N) is 2. The SMILES string of the molecule is CC1=NN(C(=O)c2ccc(Cl)cc2Cl)[C@@](O)(C(F)(F)F)C1. The van der Waals surface area contributed by atoms with E-state index in [9.17, 15) is 23.1 Å². The molecule has 1 aliphatic rings. The minimum absolute atomic E-state index is 0.0114. The fourth-order valence-corrected chi connectivity index (χ4v) is 2.42. The van der Waals surface area contributed by atoms with E-state index in [-0.39, 0.29) is 26.3 Å². The molecule has 0 saturated carbocycles. The van der Waals surface area contributed by atoms with E-state index in [0.717, 1.165) is 0 Å². The number of benzene rings is 1. The number of carbonyl (C=O) groups excluding carboxylic acids is 1. The number of hydrazone groups is 1. The highest BCUT2D eigenvalue weighted by Crippen LogP contribution is 2.41. The van der Waals surface area contributed by atoms with Gasteiger partial charge in [0.2, 0.25) is 0 Å². The van der Waals surface area contributed by atoms with Crippen molar-refractivity contribution in [2.75, 3.05) is 0 Å². The summed E-state index contributed by atoms with van der Waals surface area (Å²) in [7, 11) is 0. The van der Waals surface area contributed by atoms with E-state index in [1.54, 1.807) is 0 Å². The first-order chi connectivity index (χ1) is 9.56. The molecule has 1 aliphatic heterocycles. The van der Waals surface area contributed by atoms with E-state index in [4.69, 9.17) is 23.2 Å². The van der Waals surface area contributed by atoms with Gasteiger partial charge in [0.05, 0.1) is 10.6 Å². The van der Waals surface area contributed by atoms with Crippen molar-refractivity contribution < 1.29 is 23.1 Å². The maximum Gasteiger partial charge on any atom is 0.438 e. The third kappa shape index (κ3) is 2.73. The second kappa shape index (κ2) is 5.15. The Morgan fingerprint density at radius 1 is 1.43 bits per heavy atom. The zero-order valence-electron chi connectivity index (χ0n) is 10.6. The Kier molecular flexibility index (Phi) is 3.94. The van der Waals surface area contributed by atoms with Crippen LogP contribution in [0.25, 0.3) is 0 Å². The summed E-state index contributed by atoms with van der Waals surface area (Å²) in [6.45, 7) is 1.29. The van der Waals surface area contributed by atoms with Crippen LogP contribution in [-0.2, 0) is 0 Å². The minimum Gasteiger partial charge on any atom is -0.362 e. The lowest BCUT2D eigenvalue weighted by Crippen LogP contribution is -2.56. The Hall–Kier alpha value is -1.31. The standard InChI is InChI=1S/C12H9Cl2F3N2O2/c1-6-5-11(21,12(15,16)17)19(18-6)10(20)8-3-2-7(13)4-9(8)14/h2-4,21H,5H2,1H3/t11-/m0/s1. The zero-order valence-corrected chi connectivity index (χ0v) is 12.1. The molecule has 0 saturated heterocycles. The molecule has 0 fully saturated rings. The minimum atomic E-state index is -5.05. The number of carbonyl (C=O) groups is 1. The average molecular weight is 341 g/mol. The molecule has 0 radical (unpaired) electrons. The molecule has 0 unspecified atom stereocenters. The van der Waals surface area contributed by atoms with Crippen LogP contribution in [-0.4, -0.2) is 33.6 Å². The van der Waals surface area contributed by atoms with Crippen LogP contribution >= 0.6 is 23.2 Å². The molecule has 1 atom stereocenters. The number of aliphatic hydroxyl groups is 1. The van der Waals surface area contributed by atoms with Crippen molar-refractivity contribution in [3.05, 3.63) is 33.8 Å². The third-order valence-corrected chi connectivity index (χ3v) is 3.48. The Morgan fingerprint density at radius 3 is 2.57 bits per heavy atom. The van der Waals surface area contributed by atoms with Crippen LogP contribution in [0.5, 0.6) is 0 Å². The Balaban J connectivity index is 2.46. The lowest BCUT2D eigenvalue weighted by Gasteiger charge is -2.32. The number of hydrogen-bond donors (Lipinski definition) is 1. The summed E-state index contributed by atoms with van der Waals surface area (Å²) >= 11 is 11.5. The van der Waals surface area contributed by atoms with Crippen LogP contribution in [0.4, 0.5) is 13.2 Å². The quantitative estimate of drug-likeness (QED) is 0.851. The summed E-state index contributed by atoms with van der Waals surface area (Å²) in [4.78, 5) is 12.2. The molecule has 0 spiro atoms. The highest BCUT2D eigenvalue weighted by Gasteiger charge is 2.62. The average Bonchev–Trinajstić information content (AvgIpc) is 2.64. The van der Waals surface area contributed by atoms with E-state index >= 15 is 0 Å². The first-order valence-electron chi connectivity index (χ1n) is 5.69. The van der Waals surface area contributed by atoms with Crippen LogP contribution in [0.15, 0.2) is 23.3 Å². The van der Waals surface area contributed by atoms with Gasteiger partial charge in [-0.15, -0.1) is 0 Å². The van der Waals surface area contributed by atoms with Gasteiger partial charge in [0.15, 0.2) is 0 Å². The van der Waals surface area contributed by atoms with Crippen LogP contribution in [0.3, 0.4) is 0 Å². The van der Waals surface area contributed by atoms with E-state index in [0.29, 0.717) is 0 Å². The molecular formula is C12H9Cl2F3N2O2. The van der Waals surface area contributed by atoms with E-state index in [1.807, 2.05) is 0 Å². The van der Waals surface area contributed by atoms with Crippen molar-refractivity contribution in [3.8, 4) is 0 Å². The smallest absolute Gasteiger partial charge is 0.362 e. The van der Waals surface area contributed by atoms with Gasteiger partial charge < -0.3 is 5.11 Å². The summed E-state index contributed by atoms with van der Waals surface area (Å²) in [5.74, 6) is -1.16. The van der Waals surface area contributed by atoms with Crippen LogP contribution in [0.2, 0.25) is 10.0 Å². The van der Waals surface area contributed by atoms with Crippen LogP contribution in [0.1, 0.15) is 23.7 Å². The number of halogens is 5. The number of hydrogen-bond acceptors (Lipinski definition) is 3. The monoisotopic (exact) mass is 340 g/mol. The van der Waals surface area contributed by atoms with Gasteiger partial charge >= 0.3 is 6.18 Å². The van der Waals surface area contributed by atoms with Crippen molar-refractivity contribution in [2.45, 2.75) is 25.2 Å². The maximum atomic E-state index is 13.0. The highest BCUT2D eigenvalue weighted by molar-refractivity contribution is 6.36. The maximum absolute atomic E-state index is 13.0. The summed E-state index contributed by atoms with van der Waals surface area (Å²) in [5.41, 5.74) is -3.63. The molecule has 0 bridgehead atoms. The van der Waals surface area contributed by atoms with Gasteiger partial charge in [-0.1, -0.05) is 23.2 Å². The fourth-order valence-electron chi connectivity index (χ4n) is 1.93. The molecule has 1 amide bonds. The predicted octanol–water partition coefficient (Wildman–Crippen LogP) is 3.47. The molecule has 1 N–H and O–H groups in total.